The number of nitrogen functional groups attached to an aromatic ring is 1. The van der Waals surface area contributed by atoms with Crippen LogP contribution in [0.4, 0.5) is 5.69 Å². The average Bonchev–Trinajstić information content (AvgIpc) is 2.63. The van der Waals surface area contributed by atoms with Crippen molar-refractivity contribution in [1.82, 2.24) is 4.90 Å². The minimum atomic E-state index is -0.0246. The molecular weight excluding hydrogens is 224 g/mol. The van der Waals surface area contributed by atoms with Gasteiger partial charge in [-0.25, -0.2) is 0 Å². The predicted molar refractivity (Wildman–Crippen MR) is 65.8 cm³/mol. The fraction of sp³-hybridized carbons (Fsp3) is 0.417. The first kappa shape index (κ1) is 11.4. The molecule has 1 fully saturated rings. The Kier molecular flexibility index (Phi) is 3.17. The maximum absolute atomic E-state index is 12.2. The van der Waals surface area contributed by atoms with E-state index in [4.69, 9.17) is 17.3 Å². The van der Waals surface area contributed by atoms with Gasteiger partial charge in [0.05, 0.1) is 6.04 Å². The first-order valence-corrected chi connectivity index (χ1v) is 5.77. The Morgan fingerprint density at radius 2 is 2.31 bits per heavy atom. The number of nitrogens with two attached hydrogens (primary N) is 1. The zero-order valence-electron chi connectivity index (χ0n) is 9.24. The molecule has 0 bridgehead atoms. The molecule has 86 valence electrons. The monoisotopic (exact) mass is 238 g/mol. The van der Waals surface area contributed by atoms with Crippen LogP contribution in [0.25, 0.3) is 0 Å². The van der Waals surface area contributed by atoms with Crippen molar-refractivity contribution in [3.8, 4) is 0 Å². The largest absolute Gasteiger partial charge is 0.398 e. The Labute approximate surface area is 100 Å². The molecule has 0 aromatic heterocycles. The quantitative estimate of drug-likeness (QED) is 0.635. The third-order valence-corrected chi connectivity index (χ3v) is 3.34. The minimum Gasteiger partial charge on any atom is -0.398 e. The minimum absolute atomic E-state index is 0.0246. The molecule has 1 aromatic rings. The van der Waals surface area contributed by atoms with Crippen LogP contribution in [-0.2, 0) is 0 Å². The molecule has 0 aliphatic carbocycles. The number of nitrogens with zero attached hydrogens (tertiary/aromatic N) is 1. The van der Waals surface area contributed by atoms with Crippen LogP contribution in [0.5, 0.6) is 0 Å². The van der Waals surface area contributed by atoms with Crippen LogP contribution in [0.2, 0.25) is 5.02 Å². The molecule has 1 unspecified atom stereocenters. The highest BCUT2D eigenvalue weighted by molar-refractivity contribution is 6.31. The maximum atomic E-state index is 12.2. The van der Waals surface area contributed by atoms with Crippen molar-refractivity contribution in [3.63, 3.8) is 0 Å². The highest BCUT2D eigenvalue weighted by Crippen LogP contribution is 2.24. The number of carbonyl (C=O) groups excluding carboxylic acids is 1. The van der Waals surface area contributed by atoms with Gasteiger partial charge in [-0.3, -0.25) is 9.69 Å². The summed E-state index contributed by atoms with van der Waals surface area (Å²) in [5.41, 5.74) is 6.87. The Balaban J connectivity index is 2.27. The van der Waals surface area contributed by atoms with Crippen LogP contribution < -0.4 is 5.73 Å². The first-order valence-electron chi connectivity index (χ1n) is 5.39. The topological polar surface area (TPSA) is 46.3 Å². The van der Waals surface area contributed by atoms with Gasteiger partial charge >= 0.3 is 0 Å². The number of carbonyl (C=O) groups is 1. The van der Waals surface area contributed by atoms with Crippen molar-refractivity contribution < 1.29 is 4.79 Å². The average molecular weight is 239 g/mol. The molecule has 2 N–H and O–H groups in total. The van der Waals surface area contributed by atoms with E-state index in [1.807, 2.05) is 7.05 Å². The summed E-state index contributed by atoms with van der Waals surface area (Å²) in [6.45, 7) is 0.976. The number of Topliss-reactive ketones (excluding diaryl/α,β-unsaturated/α-hetero) is 1. The van der Waals surface area contributed by atoms with Crippen LogP contribution in [0.15, 0.2) is 18.2 Å². The van der Waals surface area contributed by atoms with Gasteiger partial charge in [0.15, 0.2) is 5.78 Å². The van der Waals surface area contributed by atoms with Crippen molar-refractivity contribution in [2.45, 2.75) is 18.9 Å². The van der Waals surface area contributed by atoms with Gasteiger partial charge in [-0.1, -0.05) is 11.6 Å². The summed E-state index contributed by atoms with van der Waals surface area (Å²) in [5, 5.41) is 0.564. The number of anilines is 1. The molecule has 3 nitrogen and oxygen atoms in total. The van der Waals surface area contributed by atoms with Crippen molar-refractivity contribution in [2.75, 3.05) is 19.3 Å². The number of hydrogen-bond donors (Lipinski definition) is 1. The third-order valence-electron chi connectivity index (χ3n) is 3.10. The summed E-state index contributed by atoms with van der Waals surface area (Å²) in [6, 6.07) is 5.03. The zero-order chi connectivity index (χ0) is 11.7. The van der Waals surface area contributed by atoms with Crippen molar-refractivity contribution >= 4 is 23.1 Å². The second-order valence-corrected chi connectivity index (χ2v) is 4.67. The molecule has 4 heteroatoms. The van der Waals surface area contributed by atoms with Crippen LogP contribution in [-0.4, -0.2) is 30.3 Å². The van der Waals surface area contributed by atoms with E-state index in [9.17, 15) is 4.79 Å². The molecule has 1 aromatic carbocycles. The predicted octanol–water partition coefficient (Wildman–Crippen LogP) is 2.20. The standard InChI is InChI=1S/C12H15ClN2O/c1-15-6-2-3-11(15)12(16)9-5-4-8(13)7-10(9)14/h4-5,7,11H,2-3,6,14H2,1H3. The molecule has 1 saturated heterocycles. The van der Waals surface area contributed by atoms with E-state index in [-0.39, 0.29) is 11.8 Å². The summed E-state index contributed by atoms with van der Waals surface area (Å²) < 4.78 is 0. The van der Waals surface area contributed by atoms with Gasteiger partial charge in [-0.15, -0.1) is 0 Å². The number of halogens is 1. The van der Waals surface area contributed by atoms with Gasteiger partial charge in [-0.2, -0.15) is 0 Å². The number of benzene rings is 1. The summed E-state index contributed by atoms with van der Waals surface area (Å²) >= 11 is 5.81. The molecule has 0 radical (unpaired) electrons. The van der Waals surface area contributed by atoms with Gasteiger partial charge < -0.3 is 5.73 Å². The summed E-state index contributed by atoms with van der Waals surface area (Å²) in [5.74, 6) is 0.106. The number of likely N-dealkylation sites (N-methyl/N-ethyl adjacent to an activating group) is 1. The van der Waals surface area contributed by atoms with Crippen molar-refractivity contribution in [3.05, 3.63) is 28.8 Å². The van der Waals surface area contributed by atoms with E-state index < -0.39 is 0 Å². The molecule has 16 heavy (non-hydrogen) atoms. The molecule has 1 aliphatic heterocycles. The summed E-state index contributed by atoms with van der Waals surface area (Å²) in [6.07, 6.45) is 1.98. The summed E-state index contributed by atoms with van der Waals surface area (Å²) in [4.78, 5) is 14.3. The van der Waals surface area contributed by atoms with Gasteiger partial charge in [0.1, 0.15) is 0 Å². The smallest absolute Gasteiger partial charge is 0.182 e. The fourth-order valence-corrected chi connectivity index (χ4v) is 2.36. The van der Waals surface area contributed by atoms with Crippen LogP contribution in [0.3, 0.4) is 0 Å². The maximum Gasteiger partial charge on any atom is 0.182 e. The lowest BCUT2D eigenvalue weighted by molar-refractivity contribution is 0.0891. The lowest BCUT2D eigenvalue weighted by Crippen LogP contribution is -2.33. The second kappa shape index (κ2) is 4.44. The molecule has 1 heterocycles. The third kappa shape index (κ3) is 2.06. The Bertz CT molecular complexity index is 419. The highest BCUT2D eigenvalue weighted by Gasteiger charge is 2.29. The zero-order valence-corrected chi connectivity index (χ0v) is 10.00. The Hall–Kier alpha value is -1.06. The van der Waals surface area contributed by atoms with Crippen LogP contribution >= 0.6 is 11.6 Å². The Morgan fingerprint density at radius 1 is 1.56 bits per heavy atom. The first-order chi connectivity index (χ1) is 7.59. The highest BCUT2D eigenvalue weighted by atomic mass is 35.5. The summed E-state index contributed by atoms with van der Waals surface area (Å²) in [7, 11) is 1.97. The van der Waals surface area contributed by atoms with E-state index >= 15 is 0 Å². The number of ketones is 1. The van der Waals surface area contributed by atoms with Gasteiger partial charge in [-0.05, 0) is 44.6 Å². The normalized spacial score (nSPS) is 21.2. The lowest BCUT2D eigenvalue weighted by atomic mass is 10.0. The van der Waals surface area contributed by atoms with Crippen LogP contribution in [0.1, 0.15) is 23.2 Å². The van der Waals surface area contributed by atoms with Crippen molar-refractivity contribution in [1.29, 1.82) is 0 Å². The SMILES string of the molecule is CN1CCCC1C(=O)c1ccc(Cl)cc1N. The molecule has 0 spiro atoms. The van der Waals surface area contributed by atoms with E-state index in [1.54, 1.807) is 18.2 Å². The number of rotatable bonds is 2. The van der Waals surface area contributed by atoms with E-state index in [2.05, 4.69) is 4.90 Å². The molecule has 1 aliphatic rings. The van der Waals surface area contributed by atoms with Gasteiger partial charge in [0.2, 0.25) is 0 Å². The van der Waals surface area contributed by atoms with Crippen molar-refractivity contribution in [2.24, 2.45) is 0 Å². The van der Waals surface area contributed by atoms with Gasteiger partial charge in [0.25, 0.3) is 0 Å². The second-order valence-electron chi connectivity index (χ2n) is 4.23. The molecule has 0 saturated carbocycles. The molecular formula is C12H15ClN2O. The number of likely N-dealkylation sites (tertiary alicyclic amines) is 1. The van der Waals surface area contributed by atoms with Crippen LogP contribution in [0, 0.1) is 0 Å². The number of hydrogen-bond acceptors (Lipinski definition) is 3. The fourth-order valence-electron chi connectivity index (χ4n) is 2.18. The van der Waals surface area contributed by atoms with E-state index in [0.717, 1.165) is 19.4 Å². The lowest BCUT2D eigenvalue weighted by Gasteiger charge is -2.18. The van der Waals surface area contributed by atoms with E-state index in [1.165, 1.54) is 0 Å². The molecule has 2 rings (SSSR count). The molecule has 1 atom stereocenters. The Morgan fingerprint density at radius 3 is 2.88 bits per heavy atom. The molecule has 0 amide bonds. The van der Waals surface area contributed by atoms with E-state index in [0.29, 0.717) is 16.3 Å². The van der Waals surface area contributed by atoms with Gasteiger partial charge in [0, 0.05) is 16.3 Å².